The highest BCUT2D eigenvalue weighted by atomic mass is 35.5. The SMILES string of the molecule is CCn1cc(C(=O)N[C@@H](C)COC)c(=O)c2cc(Cl)ccc21. The van der Waals surface area contributed by atoms with Crippen LogP contribution in [0.5, 0.6) is 0 Å². The summed E-state index contributed by atoms with van der Waals surface area (Å²) in [5.74, 6) is -0.404. The first kappa shape index (κ1) is 16.5. The fourth-order valence-electron chi connectivity index (χ4n) is 2.39. The molecule has 0 saturated carbocycles. The number of aryl methyl sites for hydroxylation is 1. The molecule has 1 N–H and O–H groups in total. The van der Waals surface area contributed by atoms with E-state index >= 15 is 0 Å². The highest BCUT2D eigenvalue weighted by molar-refractivity contribution is 6.31. The van der Waals surface area contributed by atoms with Crippen LogP contribution in [-0.2, 0) is 11.3 Å². The van der Waals surface area contributed by atoms with Crippen LogP contribution < -0.4 is 10.7 Å². The average Bonchev–Trinajstić information content (AvgIpc) is 2.48. The van der Waals surface area contributed by atoms with Crippen LogP contribution in [0.4, 0.5) is 0 Å². The minimum atomic E-state index is -0.404. The molecule has 22 heavy (non-hydrogen) atoms. The number of carbonyl (C=O) groups is 1. The molecule has 2 rings (SSSR count). The molecule has 0 radical (unpaired) electrons. The van der Waals surface area contributed by atoms with Gasteiger partial charge in [0, 0.05) is 36.3 Å². The normalized spacial score (nSPS) is 12.4. The standard InChI is InChI=1S/C16H19ClN2O3/c1-4-19-8-13(16(21)18-10(2)9-22-3)15(20)12-7-11(17)5-6-14(12)19/h5-8,10H,4,9H2,1-3H3,(H,18,21)/t10-/m0/s1. The predicted octanol–water partition coefficient (Wildman–Crippen LogP) is 2.44. The molecule has 1 aromatic carbocycles. The quantitative estimate of drug-likeness (QED) is 0.919. The summed E-state index contributed by atoms with van der Waals surface area (Å²) in [6, 6.07) is 4.94. The summed E-state index contributed by atoms with van der Waals surface area (Å²) in [6.45, 7) is 4.80. The van der Waals surface area contributed by atoms with E-state index in [4.69, 9.17) is 16.3 Å². The maximum Gasteiger partial charge on any atom is 0.257 e. The number of hydrogen-bond donors (Lipinski definition) is 1. The molecule has 5 nitrogen and oxygen atoms in total. The third kappa shape index (κ3) is 3.31. The van der Waals surface area contributed by atoms with E-state index < -0.39 is 5.91 Å². The van der Waals surface area contributed by atoms with Gasteiger partial charge < -0.3 is 14.6 Å². The van der Waals surface area contributed by atoms with Crippen molar-refractivity contribution in [2.45, 2.75) is 26.4 Å². The smallest absolute Gasteiger partial charge is 0.257 e. The number of rotatable bonds is 5. The number of methoxy groups -OCH3 is 1. The van der Waals surface area contributed by atoms with Gasteiger partial charge in [0.2, 0.25) is 5.43 Å². The molecule has 0 aliphatic rings. The summed E-state index contributed by atoms with van der Waals surface area (Å²) in [4.78, 5) is 24.9. The molecule has 1 aromatic heterocycles. The molecule has 1 atom stereocenters. The van der Waals surface area contributed by atoms with Crippen LogP contribution in [0, 0.1) is 0 Å². The summed E-state index contributed by atoms with van der Waals surface area (Å²) in [7, 11) is 1.56. The molecule has 1 heterocycles. The first-order valence-electron chi connectivity index (χ1n) is 7.10. The molecular formula is C16H19ClN2O3. The molecule has 118 valence electrons. The Hall–Kier alpha value is -1.85. The molecule has 0 fully saturated rings. The van der Waals surface area contributed by atoms with Crippen molar-refractivity contribution < 1.29 is 9.53 Å². The Morgan fingerprint density at radius 2 is 2.18 bits per heavy atom. The number of amides is 1. The highest BCUT2D eigenvalue weighted by Gasteiger charge is 2.17. The second-order valence-electron chi connectivity index (χ2n) is 5.15. The highest BCUT2D eigenvalue weighted by Crippen LogP contribution is 2.17. The third-order valence-corrected chi connectivity index (χ3v) is 3.66. The second kappa shape index (κ2) is 6.94. The zero-order valence-electron chi connectivity index (χ0n) is 12.9. The van der Waals surface area contributed by atoms with Crippen LogP contribution >= 0.6 is 11.6 Å². The number of nitrogens with zero attached hydrogens (tertiary/aromatic N) is 1. The van der Waals surface area contributed by atoms with Crippen molar-refractivity contribution in [2.24, 2.45) is 0 Å². The summed E-state index contributed by atoms with van der Waals surface area (Å²) in [5.41, 5.74) is 0.558. The van der Waals surface area contributed by atoms with Crippen molar-refractivity contribution in [2.75, 3.05) is 13.7 Å². The molecule has 0 saturated heterocycles. The van der Waals surface area contributed by atoms with E-state index in [0.717, 1.165) is 5.52 Å². The third-order valence-electron chi connectivity index (χ3n) is 3.42. The zero-order valence-corrected chi connectivity index (χ0v) is 13.6. The molecule has 0 bridgehead atoms. The summed E-state index contributed by atoms with van der Waals surface area (Å²) >= 11 is 5.98. The minimum absolute atomic E-state index is 0.111. The average molecular weight is 323 g/mol. The molecule has 2 aromatic rings. The van der Waals surface area contributed by atoms with Gasteiger partial charge in [0.1, 0.15) is 5.56 Å². The summed E-state index contributed by atoms with van der Waals surface area (Å²) < 4.78 is 6.85. The van der Waals surface area contributed by atoms with E-state index in [-0.39, 0.29) is 17.0 Å². The van der Waals surface area contributed by atoms with Crippen molar-refractivity contribution >= 4 is 28.4 Å². The summed E-state index contributed by atoms with van der Waals surface area (Å²) in [6.07, 6.45) is 1.59. The fourth-order valence-corrected chi connectivity index (χ4v) is 2.56. The van der Waals surface area contributed by atoms with Gasteiger partial charge in [-0.15, -0.1) is 0 Å². The predicted molar refractivity (Wildman–Crippen MR) is 87.7 cm³/mol. The topological polar surface area (TPSA) is 60.3 Å². The Balaban J connectivity index is 2.52. The van der Waals surface area contributed by atoms with Crippen molar-refractivity contribution in [3.63, 3.8) is 0 Å². The number of nitrogens with one attached hydrogen (secondary N) is 1. The van der Waals surface area contributed by atoms with Crippen LogP contribution in [-0.4, -0.2) is 30.2 Å². The first-order chi connectivity index (χ1) is 10.5. The van der Waals surface area contributed by atoms with Gasteiger partial charge in [0.15, 0.2) is 0 Å². The number of benzene rings is 1. The number of pyridine rings is 1. The Labute approximate surface area is 133 Å². The van der Waals surface area contributed by atoms with Crippen LogP contribution in [0.15, 0.2) is 29.2 Å². The van der Waals surface area contributed by atoms with Crippen LogP contribution in [0.3, 0.4) is 0 Å². The van der Waals surface area contributed by atoms with Crippen LogP contribution in [0.2, 0.25) is 5.02 Å². The molecule has 0 aliphatic carbocycles. The molecule has 1 amide bonds. The van der Waals surface area contributed by atoms with E-state index in [1.54, 1.807) is 31.5 Å². The van der Waals surface area contributed by atoms with Gasteiger partial charge in [-0.05, 0) is 32.0 Å². The van der Waals surface area contributed by atoms with Gasteiger partial charge in [-0.1, -0.05) is 11.6 Å². The first-order valence-corrected chi connectivity index (χ1v) is 7.48. The van der Waals surface area contributed by atoms with Crippen LogP contribution in [0.25, 0.3) is 10.9 Å². The van der Waals surface area contributed by atoms with E-state index in [9.17, 15) is 9.59 Å². The maximum atomic E-state index is 12.6. The van der Waals surface area contributed by atoms with E-state index in [2.05, 4.69) is 5.32 Å². The Kier molecular flexibility index (Phi) is 5.21. The van der Waals surface area contributed by atoms with E-state index in [1.807, 2.05) is 18.4 Å². The number of carbonyl (C=O) groups excluding carboxylic acids is 1. The monoisotopic (exact) mass is 322 g/mol. The molecule has 0 spiro atoms. The number of halogens is 1. The van der Waals surface area contributed by atoms with E-state index in [0.29, 0.717) is 23.6 Å². The summed E-state index contributed by atoms with van der Waals surface area (Å²) in [5, 5.41) is 3.67. The van der Waals surface area contributed by atoms with Gasteiger partial charge >= 0.3 is 0 Å². The Bertz CT molecular complexity index is 755. The molecular weight excluding hydrogens is 304 g/mol. The lowest BCUT2D eigenvalue weighted by atomic mass is 10.1. The van der Waals surface area contributed by atoms with Crippen molar-refractivity contribution in [1.29, 1.82) is 0 Å². The molecule has 0 unspecified atom stereocenters. The number of hydrogen-bond acceptors (Lipinski definition) is 3. The molecule has 0 aliphatic heterocycles. The van der Waals surface area contributed by atoms with Gasteiger partial charge in [-0.25, -0.2) is 0 Å². The van der Waals surface area contributed by atoms with Crippen LogP contribution in [0.1, 0.15) is 24.2 Å². The van der Waals surface area contributed by atoms with Gasteiger partial charge in [0.05, 0.1) is 12.1 Å². The second-order valence-corrected chi connectivity index (χ2v) is 5.59. The lowest BCUT2D eigenvalue weighted by Crippen LogP contribution is -2.38. The van der Waals surface area contributed by atoms with E-state index in [1.165, 1.54) is 0 Å². The Morgan fingerprint density at radius 1 is 1.45 bits per heavy atom. The lowest BCUT2D eigenvalue weighted by Gasteiger charge is -2.15. The zero-order chi connectivity index (χ0) is 16.3. The Morgan fingerprint density at radius 3 is 2.82 bits per heavy atom. The van der Waals surface area contributed by atoms with Crippen molar-refractivity contribution in [1.82, 2.24) is 9.88 Å². The van der Waals surface area contributed by atoms with Gasteiger partial charge in [-0.3, -0.25) is 9.59 Å². The number of fused-ring (bicyclic) bond motifs is 1. The molecule has 6 heteroatoms. The largest absolute Gasteiger partial charge is 0.383 e. The van der Waals surface area contributed by atoms with Crippen molar-refractivity contribution in [3.8, 4) is 0 Å². The van der Waals surface area contributed by atoms with Crippen molar-refractivity contribution in [3.05, 3.63) is 45.2 Å². The number of aromatic nitrogens is 1. The fraction of sp³-hybridized carbons (Fsp3) is 0.375. The van der Waals surface area contributed by atoms with Gasteiger partial charge in [-0.2, -0.15) is 0 Å². The van der Waals surface area contributed by atoms with Gasteiger partial charge in [0.25, 0.3) is 5.91 Å². The maximum absolute atomic E-state index is 12.6. The number of ether oxygens (including phenoxy) is 1. The minimum Gasteiger partial charge on any atom is -0.383 e. The lowest BCUT2D eigenvalue weighted by molar-refractivity contribution is 0.0904.